The Bertz CT molecular complexity index is 563. The zero-order valence-electron chi connectivity index (χ0n) is 9.38. The molecule has 0 aliphatic carbocycles. The first-order chi connectivity index (χ1) is 8.41. The lowest BCUT2D eigenvalue weighted by molar-refractivity contribution is -0.137. The summed E-state index contributed by atoms with van der Waals surface area (Å²) in [5.74, 6) is 0. The van der Waals surface area contributed by atoms with Gasteiger partial charge in [0.2, 0.25) is 0 Å². The second kappa shape index (κ2) is 4.90. The van der Waals surface area contributed by atoms with Gasteiger partial charge in [-0.1, -0.05) is 18.5 Å². The van der Waals surface area contributed by atoms with Gasteiger partial charge in [-0.2, -0.15) is 13.2 Å². The van der Waals surface area contributed by atoms with E-state index in [-0.39, 0.29) is 0 Å². The molecule has 2 heterocycles. The zero-order valence-corrected chi connectivity index (χ0v) is 11.0. The number of hydrogen-bond acceptors (Lipinski definition) is 2. The number of aromatic nitrogens is 1. The van der Waals surface area contributed by atoms with Crippen LogP contribution in [0.25, 0.3) is 10.4 Å². The standard InChI is InChI=1S/C12H9ClF3NS/c1-2-10-9(13)4-11(18-10)7-3-8(6-17-5-7)12(14,15)16/h3-6H,2H2,1H3. The summed E-state index contributed by atoms with van der Waals surface area (Å²) in [7, 11) is 0. The van der Waals surface area contributed by atoms with Crippen molar-refractivity contribution in [3.8, 4) is 10.4 Å². The summed E-state index contributed by atoms with van der Waals surface area (Å²) in [6, 6.07) is 2.77. The molecule has 0 amide bonds. The quantitative estimate of drug-likeness (QED) is 0.755. The summed E-state index contributed by atoms with van der Waals surface area (Å²) < 4.78 is 37.7. The lowest BCUT2D eigenvalue weighted by atomic mass is 10.2. The van der Waals surface area contributed by atoms with Crippen molar-refractivity contribution in [2.45, 2.75) is 19.5 Å². The van der Waals surface area contributed by atoms with Gasteiger partial charge in [-0.25, -0.2) is 0 Å². The molecule has 0 aliphatic rings. The van der Waals surface area contributed by atoms with Gasteiger partial charge in [0.15, 0.2) is 0 Å². The van der Waals surface area contributed by atoms with E-state index in [0.29, 0.717) is 15.5 Å². The van der Waals surface area contributed by atoms with Gasteiger partial charge in [0, 0.05) is 27.7 Å². The van der Waals surface area contributed by atoms with Crippen LogP contribution >= 0.6 is 22.9 Å². The Labute approximate surface area is 111 Å². The first-order valence-corrected chi connectivity index (χ1v) is 6.42. The Balaban J connectivity index is 2.44. The predicted octanol–water partition coefficient (Wildman–Crippen LogP) is 5.04. The van der Waals surface area contributed by atoms with Crippen LogP contribution in [0.2, 0.25) is 5.02 Å². The third kappa shape index (κ3) is 2.67. The fourth-order valence-corrected chi connectivity index (χ4v) is 2.92. The Morgan fingerprint density at radius 2 is 2.00 bits per heavy atom. The highest BCUT2D eigenvalue weighted by atomic mass is 35.5. The molecule has 0 fully saturated rings. The number of aryl methyl sites for hydroxylation is 1. The first-order valence-electron chi connectivity index (χ1n) is 5.22. The molecule has 0 aromatic carbocycles. The van der Waals surface area contributed by atoms with E-state index in [0.717, 1.165) is 23.6 Å². The summed E-state index contributed by atoms with van der Waals surface area (Å²) in [6.45, 7) is 1.95. The highest BCUT2D eigenvalue weighted by Crippen LogP contribution is 2.37. The Morgan fingerprint density at radius 3 is 2.56 bits per heavy atom. The van der Waals surface area contributed by atoms with Gasteiger partial charge in [0.05, 0.1) is 10.6 Å². The summed E-state index contributed by atoms with van der Waals surface area (Å²) in [5, 5.41) is 0.593. The molecule has 2 rings (SSSR count). The minimum absolute atomic E-state index is 0.441. The minimum Gasteiger partial charge on any atom is -0.263 e. The zero-order chi connectivity index (χ0) is 13.3. The molecule has 0 saturated heterocycles. The van der Waals surface area contributed by atoms with E-state index in [4.69, 9.17) is 11.6 Å². The van der Waals surface area contributed by atoms with E-state index in [1.165, 1.54) is 17.5 Å². The smallest absolute Gasteiger partial charge is 0.263 e. The maximum Gasteiger partial charge on any atom is 0.417 e. The van der Waals surface area contributed by atoms with Gasteiger partial charge in [-0.05, 0) is 18.6 Å². The molecule has 0 radical (unpaired) electrons. The van der Waals surface area contributed by atoms with Crippen LogP contribution in [-0.4, -0.2) is 4.98 Å². The minimum atomic E-state index is -4.38. The summed E-state index contributed by atoms with van der Waals surface area (Å²) in [4.78, 5) is 5.30. The molecule has 0 atom stereocenters. The molecule has 0 N–H and O–H groups in total. The first kappa shape index (κ1) is 13.4. The van der Waals surface area contributed by atoms with Crippen molar-refractivity contribution in [1.29, 1.82) is 0 Å². The number of hydrogen-bond donors (Lipinski definition) is 0. The van der Waals surface area contributed by atoms with Gasteiger partial charge in [-0.3, -0.25) is 4.98 Å². The molecule has 2 aromatic heterocycles. The fraction of sp³-hybridized carbons (Fsp3) is 0.250. The maximum atomic E-state index is 12.6. The van der Waals surface area contributed by atoms with E-state index in [9.17, 15) is 13.2 Å². The molecule has 96 valence electrons. The Kier molecular flexibility index (Phi) is 3.64. The average molecular weight is 292 g/mol. The largest absolute Gasteiger partial charge is 0.417 e. The van der Waals surface area contributed by atoms with Crippen molar-refractivity contribution in [1.82, 2.24) is 4.98 Å². The normalized spacial score (nSPS) is 11.8. The summed E-state index contributed by atoms with van der Waals surface area (Å²) in [5.41, 5.74) is -0.306. The van der Waals surface area contributed by atoms with Gasteiger partial charge < -0.3 is 0 Å². The van der Waals surface area contributed by atoms with E-state index in [1.54, 1.807) is 6.07 Å². The molecule has 0 spiro atoms. The van der Waals surface area contributed by atoms with Gasteiger partial charge in [0.1, 0.15) is 0 Å². The number of nitrogens with zero attached hydrogens (tertiary/aromatic N) is 1. The van der Waals surface area contributed by atoms with Crippen LogP contribution in [0.1, 0.15) is 17.4 Å². The van der Waals surface area contributed by atoms with E-state index in [2.05, 4.69) is 4.98 Å². The molecular formula is C12H9ClF3NS. The lowest BCUT2D eigenvalue weighted by Crippen LogP contribution is -2.05. The number of thiophene rings is 1. The molecule has 0 aliphatic heterocycles. The number of pyridine rings is 1. The van der Waals surface area contributed by atoms with Crippen LogP contribution in [0.3, 0.4) is 0 Å². The fourth-order valence-electron chi connectivity index (χ4n) is 1.52. The Morgan fingerprint density at radius 1 is 1.28 bits per heavy atom. The molecule has 1 nitrogen and oxygen atoms in total. The van der Waals surface area contributed by atoms with E-state index in [1.807, 2.05) is 6.92 Å². The van der Waals surface area contributed by atoms with Gasteiger partial charge in [-0.15, -0.1) is 11.3 Å². The van der Waals surface area contributed by atoms with Crippen molar-refractivity contribution in [3.63, 3.8) is 0 Å². The molecule has 2 aromatic rings. The highest BCUT2D eigenvalue weighted by Gasteiger charge is 2.31. The summed E-state index contributed by atoms with van der Waals surface area (Å²) in [6.07, 6.45) is -1.39. The van der Waals surface area contributed by atoms with Crippen molar-refractivity contribution >= 4 is 22.9 Å². The second-order valence-corrected chi connectivity index (χ2v) is 5.24. The van der Waals surface area contributed by atoms with Crippen molar-refractivity contribution in [2.24, 2.45) is 0 Å². The van der Waals surface area contributed by atoms with Crippen LogP contribution < -0.4 is 0 Å². The average Bonchev–Trinajstić information content (AvgIpc) is 2.70. The molecule has 0 bridgehead atoms. The molecule has 0 saturated carbocycles. The number of halogens is 4. The lowest BCUT2D eigenvalue weighted by Gasteiger charge is -2.06. The van der Waals surface area contributed by atoms with Crippen molar-refractivity contribution in [2.75, 3.05) is 0 Å². The van der Waals surface area contributed by atoms with Crippen LogP contribution in [0.15, 0.2) is 24.5 Å². The number of rotatable bonds is 2. The van der Waals surface area contributed by atoms with Crippen LogP contribution in [-0.2, 0) is 12.6 Å². The molecule has 0 unspecified atom stereocenters. The van der Waals surface area contributed by atoms with Gasteiger partial charge in [0.25, 0.3) is 0 Å². The third-order valence-corrected chi connectivity index (χ3v) is 4.21. The number of alkyl halides is 3. The monoisotopic (exact) mass is 291 g/mol. The third-order valence-electron chi connectivity index (χ3n) is 2.43. The predicted molar refractivity (Wildman–Crippen MR) is 66.9 cm³/mol. The SMILES string of the molecule is CCc1sc(-c2cncc(C(F)(F)F)c2)cc1Cl. The van der Waals surface area contributed by atoms with Crippen molar-refractivity contribution < 1.29 is 13.2 Å². The van der Waals surface area contributed by atoms with Crippen LogP contribution in [0.5, 0.6) is 0 Å². The second-order valence-electron chi connectivity index (χ2n) is 3.70. The molecule has 18 heavy (non-hydrogen) atoms. The topological polar surface area (TPSA) is 12.9 Å². The maximum absolute atomic E-state index is 12.6. The van der Waals surface area contributed by atoms with E-state index >= 15 is 0 Å². The summed E-state index contributed by atoms with van der Waals surface area (Å²) >= 11 is 7.39. The Hall–Kier alpha value is -1.07. The highest BCUT2D eigenvalue weighted by molar-refractivity contribution is 7.16. The van der Waals surface area contributed by atoms with Crippen LogP contribution in [0.4, 0.5) is 13.2 Å². The molecule has 6 heteroatoms. The van der Waals surface area contributed by atoms with Gasteiger partial charge >= 0.3 is 6.18 Å². The molecular weight excluding hydrogens is 283 g/mol. The van der Waals surface area contributed by atoms with Crippen LogP contribution in [0, 0.1) is 0 Å². The van der Waals surface area contributed by atoms with Crippen molar-refractivity contribution in [3.05, 3.63) is 40.0 Å². The van der Waals surface area contributed by atoms with E-state index < -0.39 is 11.7 Å².